The Kier molecular flexibility index (Phi) is 9.04. The number of sulfonamides is 1. The van der Waals surface area contributed by atoms with Gasteiger partial charge in [-0.1, -0.05) is 37.6 Å². The number of anilines is 1. The van der Waals surface area contributed by atoms with E-state index in [9.17, 15) is 18.0 Å². The largest absolute Gasteiger partial charge is 0.469 e. The normalized spacial score (nSPS) is 11.8. The number of hydrogen-bond acceptors (Lipinski definition) is 9. The van der Waals surface area contributed by atoms with Crippen molar-refractivity contribution in [3.63, 3.8) is 0 Å². The predicted molar refractivity (Wildman–Crippen MR) is 135 cm³/mol. The number of nitrogens with zero attached hydrogens (tertiary/aromatic N) is 4. The number of rotatable bonds is 13. The molecule has 0 aliphatic carbocycles. The van der Waals surface area contributed by atoms with Gasteiger partial charge in [-0.05, 0) is 24.0 Å². The summed E-state index contributed by atoms with van der Waals surface area (Å²) in [5.41, 5.74) is 7.65. The highest BCUT2D eigenvalue weighted by molar-refractivity contribution is 7.88. The molecule has 0 saturated heterocycles. The Labute approximate surface area is 209 Å². The highest BCUT2D eigenvalue weighted by Crippen LogP contribution is 2.18. The molecule has 2 aromatic heterocycles. The number of nitrogens with one attached hydrogen (secondary N) is 1. The number of hydrogen-bond donors (Lipinski definition) is 2. The van der Waals surface area contributed by atoms with Crippen molar-refractivity contribution in [3.8, 4) is 6.01 Å². The van der Waals surface area contributed by atoms with Crippen LogP contribution in [0.5, 0.6) is 6.01 Å². The number of carbonyl (C=O) groups is 1. The van der Waals surface area contributed by atoms with Gasteiger partial charge in [0.05, 0.1) is 26.4 Å². The Morgan fingerprint density at radius 2 is 1.97 bits per heavy atom. The molecule has 0 spiro atoms. The number of H-pyrrole nitrogens is 1. The van der Waals surface area contributed by atoms with E-state index in [1.54, 1.807) is 24.3 Å². The SMILES string of the molecule is CCCCOc1nc(N)c2[nH]c(=O)n(CCCN(Cc3cccc(CC(=O)OC)c3)S(C)(=O)=O)c2n1. The van der Waals surface area contributed by atoms with Crippen LogP contribution in [0.25, 0.3) is 11.2 Å². The van der Waals surface area contributed by atoms with Crippen LogP contribution in [0.15, 0.2) is 29.1 Å². The summed E-state index contributed by atoms with van der Waals surface area (Å²) in [6.07, 6.45) is 3.35. The van der Waals surface area contributed by atoms with Gasteiger partial charge in [0.25, 0.3) is 0 Å². The fourth-order valence-electron chi connectivity index (χ4n) is 3.66. The van der Waals surface area contributed by atoms with Gasteiger partial charge in [0, 0.05) is 19.6 Å². The van der Waals surface area contributed by atoms with E-state index < -0.39 is 15.7 Å². The van der Waals surface area contributed by atoms with E-state index in [0.29, 0.717) is 24.2 Å². The van der Waals surface area contributed by atoms with E-state index in [0.717, 1.165) is 30.2 Å². The lowest BCUT2D eigenvalue weighted by molar-refractivity contribution is -0.139. The summed E-state index contributed by atoms with van der Waals surface area (Å²) in [6, 6.07) is 7.21. The zero-order valence-corrected chi connectivity index (χ0v) is 21.5. The first kappa shape index (κ1) is 27.1. The number of nitrogens with two attached hydrogens (primary N) is 1. The number of aromatic nitrogens is 4. The maximum atomic E-state index is 12.6. The molecule has 0 atom stereocenters. The smallest absolute Gasteiger partial charge is 0.327 e. The number of benzene rings is 1. The molecule has 12 nitrogen and oxygen atoms in total. The van der Waals surface area contributed by atoms with Crippen molar-refractivity contribution >= 4 is 33.0 Å². The first-order chi connectivity index (χ1) is 17.1. The van der Waals surface area contributed by atoms with Crippen LogP contribution in [0.3, 0.4) is 0 Å². The minimum Gasteiger partial charge on any atom is -0.469 e. The predicted octanol–water partition coefficient (Wildman–Crippen LogP) is 1.45. The van der Waals surface area contributed by atoms with Crippen LogP contribution in [-0.4, -0.2) is 64.7 Å². The van der Waals surface area contributed by atoms with E-state index in [2.05, 4.69) is 15.0 Å². The molecule has 3 N–H and O–H groups in total. The van der Waals surface area contributed by atoms with Crippen molar-refractivity contribution in [2.75, 3.05) is 32.3 Å². The Balaban J connectivity index is 1.74. The van der Waals surface area contributed by atoms with Crippen molar-refractivity contribution in [3.05, 3.63) is 45.9 Å². The topological polar surface area (TPSA) is 162 Å². The van der Waals surface area contributed by atoms with Gasteiger partial charge in [0.2, 0.25) is 10.0 Å². The summed E-state index contributed by atoms with van der Waals surface area (Å²) >= 11 is 0. The number of aromatic amines is 1. The minimum atomic E-state index is -3.54. The molecular weight excluding hydrogens is 488 g/mol. The molecule has 1 aromatic carbocycles. The highest BCUT2D eigenvalue weighted by atomic mass is 32.2. The molecule has 2 heterocycles. The quantitative estimate of drug-likeness (QED) is 0.251. The van der Waals surface area contributed by atoms with E-state index in [1.165, 1.54) is 16.0 Å². The Hall–Kier alpha value is -3.45. The molecule has 13 heteroatoms. The molecule has 0 amide bonds. The molecule has 3 aromatic rings. The van der Waals surface area contributed by atoms with Gasteiger partial charge >= 0.3 is 17.7 Å². The average Bonchev–Trinajstić information content (AvgIpc) is 3.14. The monoisotopic (exact) mass is 520 g/mol. The third-order valence-electron chi connectivity index (χ3n) is 5.54. The molecule has 0 radical (unpaired) electrons. The maximum absolute atomic E-state index is 12.6. The molecule has 0 aliphatic rings. The number of esters is 1. The molecule has 36 heavy (non-hydrogen) atoms. The number of carbonyl (C=O) groups excluding carboxylic acids is 1. The molecule has 0 aliphatic heterocycles. The fourth-order valence-corrected chi connectivity index (χ4v) is 4.50. The lowest BCUT2D eigenvalue weighted by Gasteiger charge is -2.20. The summed E-state index contributed by atoms with van der Waals surface area (Å²) in [6.45, 7) is 2.96. The van der Waals surface area contributed by atoms with Crippen LogP contribution in [0.1, 0.15) is 37.3 Å². The van der Waals surface area contributed by atoms with Crippen molar-refractivity contribution in [2.24, 2.45) is 0 Å². The van der Waals surface area contributed by atoms with E-state index in [4.69, 9.17) is 15.2 Å². The van der Waals surface area contributed by atoms with Crippen LogP contribution in [0.2, 0.25) is 0 Å². The second-order valence-corrected chi connectivity index (χ2v) is 10.4. The Morgan fingerprint density at radius 3 is 2.67 bits per heavy atom. The zero-order chi connectivity index (χ0) is 26.3. The second-order valence-electron chi connectivity index (χ2n) is 8.40. The first-order valence-electron chi connectivity index (χ1n) is 11.6. The third kappa shape index (κ3) is 7.04. The lowest BCUT2D eigenvalue weighted by Crippen LogP contribution is -2.31. The van der Waals surface area contributed by atoms with Gasteiger partial charge in [-0.2, -0.15) is 14.3 Å². The molecule has 196 valence electrons. The van der Waals surface area contributed by atoms with Crippen LogP contribution >= 0.6 is 0 Å². The molecule has 0 unspecified atom stereocenters. The van der Waals surface area contributed by atoms with Crippen molar-refractivity contribution in [2.45, 2.75) is 45.7 Å². The summed E-state index contributed by atoms with van der Waals surface area (Å²) in [7, 11) is -2.23. The number of imidazole rings is 1. The fraction of sp³-hybridized carbons (Fsp3) is 0.478. The van der Waals surface area contributed by atoms with E-state index in [1.807, 2.05) is 6.92 Å². The van der Waals surface area contributed by atoms with Gasteiger partial charge in [0.1, 0.15) is 5.52 Å². The van der Waals surface area contributed by atoms with Gasteiger partial charge in [-0.3, -0.25) is 9.36 Å². The molecular formula is C23H32N6O6S. The third-order valence-corrected chi connectivity index (χ3v) is 6.79. The van der Waals surface area contributed by atoms with E-state index >= 15 is 0 Å². The minimum absolute atomic E-state index is 0.0887. The number of aryl methyl sites for hydroxylation is 1. The highest BCUT2D eigenvalue weighted by Gasteiger charge is 2.19. The summed E-state index contributed by atoms with van der Waals surface area (Å²) in [4.78, 5) is 35.2. The van der Waals surface area contributed by atoms with Crippen LogP contribution < -0.4 is 16.2 Å². The number of fused-ring (bicyclic) bond motifs is 1. The number of ether oxygens (including phenoxy) is 2. The molecule has 0 saturated carbocycles. The van der Waals surface area contributed by atoms with Crippen molar-refractivity contribution < 1.29 is 22.7 Å². The van der Waals surface area contributed by atoms with Crippen molar-refractivity contribution in [1.82, 2.24) is 23.8 Å². The van der Waals surface area contributed by atoms with Crippen molar-refractivity contribution in [1.29, 1.82) is 0 Å². The van der Waals surface area contributed by atoms with Crippen LogP contribution in [0.4, 0.5) is 5.82 Å². The number of unbranched alkanes of at least 4 members (excludes halogenated alkanes) is 1. The molecule has 0 bridgehead atoms. The van der Waals surface area contributed by atoms with Gasteiger partial charge < -0.3 is 20.2 Å². The first-order valence-corrected chi connectivity index (χ1v) is 13.5. The van der Waals surface area contributed by atoms with Gasteiger partial charge in [-0.15, -0.1) is 0 Å². The molecule has 3 rings (SSSR count). The summed E-state index contributed by atoms with van der Waals surface area (Å²) < 4.78 is 37.9. The number of methoxy groups -OCH3 is 1. The molecule has 0 fully saturated rings. The van der Waals surface area contributed by atoms with E-state index in [-0.39, 0.29) is 43.9 Å². The zero-order valence-electron chi connectivity index (χ0n) is 20.7. The second kappa shape index (κ2) is 12.0. The Morgan fingerprint density at radius 1 is 1.22 bits per heavy atom. The summed E-state index contributed by atoms with van der Waals surface area (Å²) in [5.74, 6) is -0.272. The Bertz CT molecular complexity index is 1370. The van der Waals surface area contributed by atoms with Gasteiger partial charge in [0.15, 0.2) is 11.5 Å². The number of nitrogen functional groups attached to an aromatic ring is 1. The average molecular weight is 521 g/mol. The summed E-state index contributed by atoms with van der Waals surface area (Å²) in [5, 5.41) is 0. The maximum Gasteiger partial charge on any atom is 0.327 e. The standard InChI is InChI=1S/C23H32N6O6S/c1-4-5-12-35-22-26-20(24)19-21(27-22)29(23(31)25-19)11-7-10-28(36(3,32)33)15-17-9-6-8-16(13-17)14-18(30)34-2/h6,8-9,13H,4-5,7,10-12,14-15H2,1-3H3,(H,25,31)(H2,24,26,27). The van der Waals surface area contributed by atoms with Gasteiger partial charge in [-0.25, -0.2) is 13.2 Å². The lowest BCUT2D eigenvalue weighted by atomic mass is 10.1. The van der Waals surface area contributed by atoms with Crippen LogP contribution in [0, 0.1) is 0 Å². The van der Waals surface area contributed by atoms with Crippen LogP contribution in [-0.2, 0) is 39.1 Å².